The number of aromatic nitrogens is 3. The van der Waals surface area contributed by atoms with Gasteiger partial charge in [-0.25, -0.2) is 4.98 Å². The van der Waals surface area contributed by atoms with Crippen molar-refractivity contribution in [2.24, 2.45) is 0 Å². The fourth-order valence-electron chi connectivity index (χ4n) is 1.94. The molecule has 0 saturated carbocycles. The van der Waals surface area contributed by atoms with Crippen molar-refractivity contribution in [1.29, 1.82) is 0 Å². The Kier molecular flexibility index (Phi) is 2.36. The van der Waals surface area contributed by atoms with Crippen LogP contribution in [0.5, 0.6) is 0 Å². The van der Waals surface area contributed by atoms with Crippen LogP contribution in [0.25, 0.3) is 0 Å². The molecule has 0 aliphatic carbocycles. The minimum atomic E-state index is -0.00298. The number of benzene rings is 1. The molecule has 1 aromatic carbocycles. The second-order valence-electron chi connectivity index (χ2n) is 4.11. The first-order valence-electron chi connectivity index (χ1n) is 5.53. The molecule has 0 spiro atoms. The summed E-state index contributed by atoms with van der Waals surface area (Å²) in [5.74, 6) is 0.718. The highest BCUT2D eigenvalue weighted by Gasteiger charge is 2.19. The number of nitrogen functional groups attached to an aromatic ring is 1. The Morgan fingerprint density at radius 3 is 3.11 bits per heavy atom. The van der Waals surface area contributed by atoms with Gasteiger partial charge in [-0.3, -0.25) is 9.89 Å². The van der Waals surface area contributed by atoms with Crippen LogP contribution >= 0.6 is 0 Å². The van der Waals surface area contributed by atoms with Gasteiger partial charge in [-0.2, -0.15) is 5.10 Å². The molecular weight excluding hydrogens is 232 g/mol. The lowest BCUT2D eigenvalue weighted by molar-refractivity contribution is -0.115. The second-order valence-corrected chi connectivity index (χ2v) is 4.11. The number of carbonyl (C=O) groups excluding carboxylic acids is 1. The molecule has 1 amide bonds. The van der Waals surface area contributed by atoms with E-state index in [9.17, 15) is 4.79 Å². The average molecular weight is 244 g/mol. The van der Waals surface area contributed by atoms with Crippen LogP contribution in [0, 0.1) is 0 Å². The summed E-state index contributed by atoms with van der Waals surface area (Å²) < 4.78 is 0. The third kappa shape index (κ3) is 1.86. The predicted octanol–water partition coefficient (Wildman–Crippen LogP) is 0.494. The smallest absolute Gasteiger partial charge is 0.228 e. The van der Waals surface area contributed by atoms with Crippen LogP contribution in [-0.4, -0.2) is 21.1 Å². The molecule has 1 aliphatic rings. The molecule has 1 aromatic heterocycles. The van der Waals surface area contributed by atoms with E-state index in [-0.39, 0.29) is 5.91 Å². The predicted molar refractivity (Wildman–Crippen MR) is 66.9 cm³/mol. The lowest BCUT2D eigenvalue weighted by Crippen LogP contribution is -2.05. The molecule has 2 heterocycles. The van der Waals surface area contributed by atoms with Gasteiger partial charge in [-0.15, -0.1) is 0 Å². The fourth-order valence-corrected chi connectivity index (χ4v) is 1.94. The van der Waals surface area contributed by atoms with Crippen molar-refractivity contribution in [1.82, 2.24) is 15.2 Å². The number of nitrogens with two attached hydrogens (primary N) is 1. The van der Waals surface area contributed by atoms with Gasteiger partial charge < -0.3 is 16.4 Å². The second kappa shape index (κ2) is 4.02. The van der Waals surface area contributed by atoms with Crippen molar-refractivity contribution < 1.29 is 4.79 Å². The summed E-state index contributed by atoms with van der Waals surface area (Å²) in [7, 11) is 0. The molecule has 3 rings (SSSR count). The van der Waals surface area contributed by atoms with Crippen LogP contribution in [0.1, 0.15) is 11.4 Å². The van der Waals surface area contributed by atoms with Crippen LogP contribution in [-0.2, 0) is 17.8 Å². The number of hydrogen-bond donors (Lipinski definition) is 4. The number of fused-ring (bicyclic) bond motifs is 1. The Hall–Kier alpha value is -2.57. The minimum absolute atomic E-state index is 0.00298. The van der Waals surface area contributed by atoms with Gasteiger partial charge in [0.05, 0.1) is 24.3 Å². The summed E-state index contributed by atoms with van der Waals surface area (Å²) in [5.41, 5.74) is 9.06. The summed E-state index contributed by atoms with van der Waals surface area (Å²) in [6.45, 7) is 0.497. The topological polar surface area (TPSA) is 109 Å². The molecular formula is C11H12N6O. The molecule has 18 heavy (non-hydrogen) atoms. The highest BCUT2D eigenvalue weighted by Crippen LogP contribution is 2.31. The summed E-state index contributed by atoms with van der Waals surface area (Å²) >= 11 is 0. The van der Waals surface area contributed by atoms with E-state index in [2.05, 4.69) is 25.8 Å². The lowest BCUT2D eigenvalue weighted by Gasteiger charge is -2.10. The number of aromatic amines is 1. The van der Waals surface area contributed by atoms with Crippen molar-refractivity contribution in [3.8, 4) is 0 Å². The molecule has 0 bridgehead atoms. The Morgan fingerprint density at radius 2 is 2.33 bits per heavy atom. The van der Waals surface area contributed by atoms with E-state index in [1.807, 2.05) is 12.1 Å². The van der Waals surface area contributed by atoms with Crippen molar-refractivity contribution >= 4 is 23.0 Å². The maximum Gasteiger partial charge on any atom is 0.228 e. The number of H-pyrrole nitrogens is 1. The molecule has 0 saturated heterocycles. The van der Waals surface area contributed by atoms with E-state index < -0.39 is 0 Å². The van der Waals surface area contributed by atoms with E-state index >= 15 is 0 Å². The van der Waals surface area contributed by atoms with Crippen molar-refractivity contribution in [3.05, 3.63) is 29.8 Å². The normalized spacial score (nSPS) is 13.2. The molecule has 0 atom stereocenters. The number of nitrogens with zero attached hydrogens (tertiary/aromatic N) is 2. The zero-order valence-corrected chi connectivity index (χ0v) is 9.53. The van der Waals surface area contributed by atoms with Gasteiger partial charge in [0.25, 0.3) is 0 Å². The largest absolute Gasteiger partial charge is 0.397 e. The number of rotatable bonds is 3. The summed E-state index contributed by atoms with van der Waals surface area (Å²) in [6.07, 6.45) is 1.84. The molecule has 5 N–H and O–H groups in total. The van der Waals surface area contributed by atoms with Gasteiger partial charge in [-0.05, 0) is 17.7 Å². The van der Waals surface area contributed by atoms with Gasteiger partial charge in [0, 0.05) is 5.69 Å². The van der Waals surface area contributed by atoms with Crippen molar-refractivity contribution in [2.45, 2.75) is 13.0 Å². The van der Waals surface area contributed by atoms with E-state index in [0.717, 1.165) is 22.8 Å². The molecule has 0 unspecified atom stereocenters. The maximum atomic E-state index is 11.3. The van der Waals surface area contributed by atoms with Crippen LogP contribution in [0.3, 0.4) is 0 Å². The number of nitrogens with one attached hydrogen (secondary N) is 3. The quantitative estimate of drug-likeness (QED) is 0.588. The van der Waals surface area contributed by atoms with Crippen LogP contribution < -0.4 is 16.4 Å². The number of carbonyl (C=O) groups is 1. The maximum absolute atomic E-state index is 11.3. The van der Waals surface area contributed by atoms with Crippen LogP contribution in [0.15, 0.2) is 18.5 Å². The Bertz CT molecular complexity index is 592. The van der Waals surface area contributed by atoms with Crippen LogP contribution in [0.4, 0.5) is 17.1 Å². The molecule has 7 nitrogen and oxygen atoms in total. The monoisotopic (exact) mass is 244 g/mol. The molecule has 92 valence electrons. The van der Waals surface area contributed by atoms with E-state index in [1.165, 1.54) is 6.33 Å². The number of amides is 1. The Balaban J connectivity index is 1.80. The van der Waals surface area contributed by atoms with E-state index in [0.29, 0.717) is 18.7 Å². The van der Waals surface area contributed by atoms with Gasteiger partial charge in [0.15, 0.2) is 0 Å². The third-order valence-electron chi connectivity index (χ3n) is 2.81. The number of anilines is 3. The van der Waals surface area contributed by atoms with Crippen LogP contribution in [0.2, 0.25) is 0 Å². The first-order valence-corrected chi connectivity index (χ1v) is 5.53. The lowest BCUT2D eigenvalue weighted by atomic mass is 10.1. The standard InChI is InChI=1S/C11H12N6O/c12-7-1-6-2-11(18)16-8(6)3-9(7)13-4-10-14-5-15-17-10/h1,3,5,13H,2,4,12H2,(H,16,18)(H,14,15,17). The number of hydrogen-bond acceptors (Lipinski definition) is 5. The third-order valence-corrected chi connectivity index (χ3v) is 2.81. The molecule has 2 aromatic rings. The van der Waals surface area contributed by atoms with Crippen molar-refractivity contribution in [3.63, 3.8) is 0 Å². The SMILES string of the molecule is Nc1cc2c(cc1NCc1ncn[nH]1)NC(=O)C2. The van der Waals surface area contributed by atoms with Gasteiger partial charge in [0.2, 0.25) is 5.91 Å². The van der Waals surface area contributed by atoms with Crippen molar-refractivity contribution in [2.75, 3.05) is 16.4 Å². The summed E-state index contributed by atoms with van der Waals surface area (Å²) in [4.78, 5) is 15.3. The zero-order chi connectivity index (χ0) is 12.5. The average Bonchev–Trinajstić information content (AvgIpc) is 2.94. The molecule has 0 radical (unpaired) electrons. The van der Waals surface area contributed by atoms with Gasteiger partial charge >= 0.3 is 0 Å². The summed E-state index contributed by atoms with van der Waals surface area (Å²) in [6, 6.07) is 3.65. The first kappa shape index (κ1) is 10.6. The Labute approximate surface area is 103 Å². The highest BCUT2D eigenvalue weighted by atomic mass is 16.1. The van der Waals surface area contributed by atoms with Gasteiger partial charge in [0.1, 0.15) is 12.2 Å². The fraction of sp³-hybridized carbons (Fsp3) is 0.182. The highest BCUT2D eigenvalue weighted by molar-refractivity contribution is 6.00. The van der Waals surface area contributed by atoms with Gasteiger partial charge in [-0.1, -0.05) is 0 Å². The molecule has 1 aliphatic heterocycles. The molecule has 0 fully saturated rings. The van der Waals surface area contributed by atoms with E-state index in [4.69, 9.17) is 5.73 Å². The van der Waals surface area contributed by atoms with E-state index in [1.54, 1.807) is 0 Å². The summed E-state index contributed by atoms with van der Waals surface area (Å²) in [5, 5.41) is 12.5. The minimum Gasteiger partial charge on any atom is -0.397 e. The Morgan fingerprint density at radius 1 is 1.44 bits per heavy atom. The zero-order valence-electron chi connectivity index (χ0n) is 9.53. The molecule has 7 heteroatoms. The first-order chi connectivity index (χ1) is 8.72.